The quantitative estimate of drug-likeness (QED) is 0.131. The fourth-order valence-corrected chi connectivity index (χ4v) is 3.40. The average Bonchev–Trinajstić information content (AvgIpc) is 2.91. The molecule has 1 atom stereocenters. The van der Waals surface area contributed by atoms with Crippen molar-refractivity contribution in [3.05, 3.63) is 142 Å². The Morgan fingerprint density at radius 3 is 1.94 bits per heavy atom. The van der Waals surface area contributed by atoms with E-state index in [-0.39, 0.29) is 11.3 Å². The number of benzene rings is 4. The van der Waals surface area contributed by atoms with Gasteiger partial charge in [0.05, 0.1) is 10.5 Å². The van der Waals surface area contributed by atoms with Crippen molar-refractivity contribution in [2.24, 2.45) is 0 Å². The third-order valence-electron chi connectivity index (χ3n) is 5.27. The maximum absolute atomic E-state index is 13.2. The van der Waals surface area contributed by atoms with E-state index in [0.29, 0.717) is 23.5 Å². The van der Waals surface area contributed by atoms with Crippen LogP contribution in [0.25, 0.3) is 0 Å². The molecule has 7 nitrogen and oxygen atoms in total. The number of ketones is 1. The van der Waals surface area contributed by atoms with Gasteiger partial charge in [0.1, 0.15) is 12.4 Å². The van der Waals surface area contributed by atoms with Gasteiger partial charge in [-0.2, -0.15) is 0 Å². The van der Waals surface area contributed by atoms with E-state index in [0.717, 1.165) is 5.56 Å². The maximum atomic E-state index is 13.2. The summed E-state index contributed by atoms with van der Waals surface area (Å²) in [5.74, 6) is -0.555. The summed E-state index contributed by atoms with van der Waals surface area (Å²) < 4.78 is 11.4. The second-order valence-corrected chi connectivity index (χ2v) is 7.66. The minimum atomic E-state index is -1.26. The first kappa shape index (κ1) is 23.4. The first-order valence-corrected chi connectivity index (χ1v) is 10.8. The summed E-state index contributed by atoms with van der Waals surface area (Å²) in [5, 5.41) is 11.0. The van der Waals surface area contributed by atoms with E-state index in [1.54, 1.807) is 54.6 Å². The third-order valence-corrected chi connectivity index (χ3v) is 5.27. The van der Waals surface area contributed by atoms with E-state index in [9.17, 15) is 19.7 Å². The minimum absolute atomic E-state index is 0.128. The summed E-state index contributed by atoms with van der Waals surface area (Å²) >= 11 is 0. The molecule has 35 heavy (non-hydrogen) atoms. The molecule has 0 amide bonds. The van der Waals surface area contributed by atoms with Crippen LogP contribution >= 0.6 is 0 Å². The molecule has 0 radical (unpaired) electrons. The van der Waals surface area contributed by atoms with Crippen molar-refractivity contribution in [2.75, 3.05) is 0 Å². The minimum Gasteiger partial charge on any atom is -0.489 e. The smallest absolute Gasteiger partial charge is 0.339 e. The molecule has 0 aliphatic carbocycles. The van der Waals surface area contributed by atoms with Gasteiger partial charge in [-0.15, -0.1) is 0 Å². The highest BCUT2D eigenvalue weighted by molar-refractivity contribution is 6.02. The Hall–Kier alpha value is -4.78. The van der Waals surface area contributed by atoms with Gasteiger partial charge in [-0.05, 0) is 42.0 Å². The molecule has 0 bridgehead atoms. The molecule has 174 valence electrons. The molecule has 0 spiro atoms. The van der Waals surface area contributed by atoms with Crippen molar-refractivity contribution in [1.29, 1.82) is 0 Å². The number of Topliss-reactive ketones (excluding diaryl/α,β-unsaturated/α-hetero) is 1. The highest BCUT2D eigenvalue weighted by atomic mass is 16.6. The summed E-state index contributed by atoms with van der Waals surface area (Å²) in [5.41, 5.74) is 1.82. The molecule has 0 aromatic heterocycles. The molecule has 7 heteroatoms. The lowest BCUT2D eigenvalue weighted by atomic mass is 9.99. The molecule has 0 unspecified atom stereocenters. The molecule has 4 aromatic rings. The van der Waals surface area contributed by atoms with Crippen molar-refractivity contribution in [1.82, 2.24) is 0 Å². The number of esters is 1. The summed E-state index contributed by atoms with van der Waals surface area (Å²) in [6.45, 7) is 0.387. The zero-order valence-electron chi connectivity index (χ0n) is 18.6. The van der Waals surface area contributed by atoms with Crippen molar-refractivity contribution in [2.45, 2.75) is 12.7 Å². The topological polar surface area (TPSA) is 95.7 Å². The normalized spacial score (nSPS) is 11.3. The predicted molar refractivity (Wildman–Crippen MR) is 129 cm³/mol. The van der Waals surface area contributed by atoms with Crippen LogP contribution in [-0.2, 0) is 11.3 Å². The second-order valence-electron chi connectivity index (χ2n) is 7.66. The lowest BCUT2D eigenvalue weighted by Gasteiger charge is -2.17. The second kappa shape index (κ2) is 10.9. The van der Waals surface area contributed by atoms with E-state index in [1.165, 1.54) is 24.3 Å². The number of nitrogens with zero attached hydrogens (tertiary/aromatic N) is 1. The van der Waals surface area contributed by atoms with Crippen LogP contribution in [0.4, 0.5) is 5.69 Å². The zero-order chi connectivity index (χ0) is 24.6. The number of carbonyl (C=O) groups is 2. The molecule has 0 heterocycles. The number of carbonyl (C=O) groups excluding carboxylic acids is 2. The first-order valence-electron chi connectivity index (χ1n) is 10.8. The molecule has 0 N–H and O–H groups in total. The van der Waals surface area contributed by atoms with E-state index in [4.69, 9.17) is 9.47 Å². The predicted octanol–water partition coefficient (Wildman–Crippen LogP) is 5.95. The highest BCUT2D eigenvalue weighted by Gasteiger charge is 2.27. The standard InChI is InChI=1S/C28H21NO6/c30-26(21-9-5-2-6-10-21)27(22-11-15-24(16-12-22)29(32)33)35-28(31)23-13-17-25(18-14-23)34-19-20-7-3-1-4-8-20/h1-18,27H,19H2/t27-/m1/s1. The van der Waals surface area contributed by atoms with Crippen LogP contribution in [-0.4, -0.2) is 16.7 Å². The summed E-state index contributed by atoms with van der Waals surface area (Å²) in [6.07, 6.45) is -1.26. The lowest BCUT2D eigenvalue weighted by Crippen LogP contribution is -2.20. The number of nitro groups is 1. The van der Waals surface area contributed by atoms with Crippen molar-refractivity contribution < 1.29 is 24.0 Å². The molecule has 0 saturated carbocycles. The number of hydrogen-bond donors (Lipinski definition) is 0. The van der Waals surface area contributed by atoms with Gasteiger partial charge in [0.2, 0.25) is 5.78 Å². The van der Waals surface area contributed by atoms with E-state index >= 15 is 0 Å². The Labute approximate surface area is 201 Å². The lowest BCUT2D eigenvalue weighted by molar-refractivity contribution is -0.384. The first-order chi connectivity index (χ1) is 17.0. The van der Waals surface area contributed by atoms with Crippen LogP contribution in [0.5, 0.6) is 5.75 Å². The van der Waals surface area contributed by atoms with Gasteiger partial charge in [-0.3, -0.25) is 14.9 Å². The number of non-ortho nitro benzene ring substituents is 1. The fraction of sp³-hybridized carbons (Fsp3) is 0.0714. The highest BCUT2D eigenvalue weighted by Crippen LogP contribution is 2.26. The van der Waals surface area contributed by atoms with Crippen molar-refractivity contribution >= 4 is 17.4 Å². The van der Waals surface area contributed by atoms with Crippen LogP contribution in [0.15, 0.2) is 109 Å². The average molecular weight is 467 g/mol. The molecular formula is C28H21NO6. The summed E-state index contributed by atoms with van der Waals surface area (Å²) in [7, 11) is 0. The molecular weight excluding hydrogens is 446 g/mol. The largest absolute Gasteiger partial charge is 0.489 e. The molecule has 4 rings (SSSR count). The molecule has 4 aromatic carbocycles. The summed E-state index contributed by atoms with van der Waals surface area (Å²) in [4.78, 5) is 36.5. The van der Waals surface area contributed by atoms with Crippen LogP contribution in [0.1, 0.15) is 37.9 Å². The van der Waals surface area contributed by atoms with Crippen LogP contribution in [0.2, 0.25) is 0 Å². The van der Waals surface area contributed by atoms with Gasteiger partial charge in [0.25, 0.3) is 5.69 Å². The van der Waals surface area contributed by atoms with E-state index in [1.807, 2.05) is 30.3 Å². The van der Waals surface area contributed by atoms with Gasteiger partial charge < -0.3 is 9.47 Å². The SMILES string of the molecule is O=C(O[C@@H](C(=O)c1ccccc1)c1ccc([N+](=O)[O-])cc1)c1ccc(OCc2ccccc2)cc1. The van der Waals surface area contributed by atoms with E-state index < -0.39 is 22.8 Å². The van der Waals surface area contributed by atoms with Crippen molar-refractivity contribution in [3.63, 3.8) is 0 Å². The Balaban J connectivity index is 1.51. The molecule has 0 saturated heterocycles. The van der Waals surface area contributed by atoms with Crippen LogP contribution in [0, 0.1) is 10.1 Å². The van der Waals surface area contributed by atoms with Crippen LogP contribution < -0.4 is 4.74 Å². The van der Waals surface area contributed by atoms with E-state index in [2.05, 4.69) is 0 Å². The number of ether oxygens (including phenoxy) is 2. The summed E-state index contributed by atoms with van der Waals surface area (Å²) in [6, 6.07) is 29.9. The maximum Gasteiger partial charge on any atom is 0.339 e. The Kier molecular flexibility index (Phi) is 7.28. The Morgan fingerprint density at radius 2 is 1.34 bits per heavy atom. The Bertz CT molecular complexity index is 1300. The number of hydrogen-bond acceptors (Lipinski definition) is 6. The Morgan fingerprint density at radius 1 is 0.743 bits per heavy atom. The van der Waals surface area contributed by atoms with Crippen LogP contribution in [0.3, 0.4) is 0 Å². The van der Waals surface area contributed by atoms with Gasteiger partial charge in [-0.1, -0.05) is 60.7 Å². The fourth-order valence-electron chi connectivity index (χ4n) is 3.40. The number of rotatable bonds is 9. The van der Waals surface area contributed by atoms with Crippen molar-refractivity contribution in [3.8, 4) is 5.75 Å². The molecule has 0 fully saturated rings. The molecule has 0 aliphatic rings. The monoisotopic (exact) mass is 467 g/mol. The third kappa shape index (κ3) is 5.97. The zero-order valence-corrected chi connectivity index (χ0v) is 18.6. The van der Waals surface area contributed by atoms with Gasteiger partial charge >= 0.3 is 5.97 Å². The van der Waals surface area contributed by atoms with Gasteiger partial charge in [0, 0.05) is 23.3 Å². The van der Waals surface area contributed by atoms with Gasteiger partial charge in [-0.25, -0.2) is 4.79 Å². The number of nitro benzene ring substituents is 1. The van der Waals surface area contributed by atoms with Gasteiger partial charge in [0.15, 0.2) is 6.10 Å². The molecule has 0 aliphatic heterocycles.